The topological polar surface area (TPSA) is 66.5 Å². The number of nitrogens with one attached hydrogen (secondary N) is 2. The van der Waals surface area contributed by atoms with E-state index in [1.165, 1.54) is 6.20 Å². The SMILES string of the molecule is O=C(Nc1ccc(Oc2ccc(N3CCNCC3)cc2)nc1)c1ccc(C(F)(F)F)cc1. The Balaban J connectivity index is 1.34. The van der Waals surface area contributed by atoms with Crippen LogP contribution in [-0.2, 0) is 6.18 Å². The largest absolute Gasteiger partial charge is 0.439 e. The highest BCUT2D eigenvalue weighted by molar-refractivity contribution is 6.04. The summed E-state index contributed by atoms with van der Waals surface area (Å²) in [6, 6.07) is 15.0. The van der Waals surface area contributed by atoms with Crippen LogP contribution in [0.2, 0.25) is 0 Å². The lowest BCUT2D eigenvalue weighted by Crippen LogP contribution is -2.43. The minimum atomic E-state index is -4.44. The van der Waals surface area contributed by atoms with Gasteiger partial charge in [0.2, 0.25) is 5.88 Å². The molecule has 2 aromatic carbocycles. The van der Waals surface area contributed by atoms with Crippen molar-refractivity contribution in [3.63, 3.8) is 0 Å². The Bertz CT molecular complexity index is 1050. The van der Waals surface area contributed by atoms with Gasteiger partial charge in [-0.05, 0) is 54.6 Å². The Morgan fingerprint density at radius 3 is 2.25 bits per heavy atom. The molecule has 9 heteroatoms. The molecular formula is C23H21F3N4O2. The maximum Gasteiger partial charge on any atom is 0.416 e. The molecule has 0 saturated carbocycles. The van der Waals surface area contributed by atoms with E-state index in [1.807, 2.05) is 24.3 Å². The second kappa shape index (κ2) is 9.27. The van der Waals surface area contributed by atoms with Crippen LogP contribution in [0.1, 0.15) is 15.9 Å². The van der Waals surface area contributed by atoms with E-state index >= 15 is 0 Å². The highest BCUT2D eigenvalue weighted by atomic mass is 19.4. The minimum absolute atomic E-state index is 0.114. The number of carbonyl (C=O) groups excluding carboxylic acids is 1. The number of ether oxygens (including phenoxy) is 1. The van der Waals surface area contributed by atoms with Gasteiger partial charge < -0.3 is 20.3 Å². The Morgan fingerprint density at radius 1 is 0.969 bits per heavy atom. The number of carbonyl (C=O) groups is 1. The molecule has 1 fully saturated rings. The molecular weight excluding hydrogens is 421 g/mol. The molecule has 2 heterocycles. The van der Waals surface area contributed by atoms with Crippen LogP contribution in [0.5, 0.6) is 11.6 Å². The minimum Gasteiger partial charge on any atom is -0.439 e. The lowest BCUT2D eigenvalue weighted by atomic mass is 10.1. The lowest BCUT2D eigenvalue weighted by Gasteiger charge is -2.29. The highest BCUT2D eigenvalue weighted by Gasteiger charge is 2.30. The maximum atomic E-state index is 12.6. The predicted octanol–water partition coefficient (Wildman–Crippen LogP) is 4.55. The molecule has 0 spiro atoms. The summed E-state index contributed by atoms with van der Waals surface area (Å²) in [6.45, 7) is 3.84. The molecule has 0 aliphatic carbocycles. The van der Waals surface area contributed by atoms with Gasteiger partial charge in [-0.3, -0.25) is 4.79 Å². The number of rotatable bonds is 5. The summed E-state index contributed by atoms with van der Waals surface area (Å²) < 4.78 is 43.7. The summed E-state index contributed by atoms with van der Waals surface area (Å²) in [6.07, 6.45) is -3.02. The van der Waals surface area contributed by atoms with Gasteiger partial charge in [0.25, 0.3) is 5.91 Å². The van der Waals surface area contributed by atoms with E-state index in [2.05, 4.69) is 20.5 Å². The zero-order valence-corrected chi connectivity index (χ0v) is 17.0. The van der Waals surface area contributed by atoms with Gasteiger partial charge in [-0.1, -0.05) is 0 Å². The van der Waals surface area contributed by atoms with Crippen LogP contribution in [0.3, 0.4) is 0 Å². The summed E-state index contributed by atoms with van der Waals surface area (Å²) in [5, 5.41) is 5.92. The molecule has 1 aliphatic rings. The number of piperazine rings is 1. The summed E-state index contributed by atoms with van der Waals surface area (Å²) in [7, 11) is 0. The van der Waals surface area contributed by atoms with Crippen LogP contribution in [0.25, 0.3) is 0 Å². The molecule has 166 valence electrons. The zero-order valence-electron chi connectivity index (χ0n) is 17.0. The van der Waals surface area contributed by atoms with Gasteiger partial charge in [-0.25, -0.2) is 4.98 Å². The molecule has 2 N–H and O–H groups in total. The van der Waals surface area contributed by atoms with Crippen molar-refractivity contribution in [3.8, 4) is 11.6 Å². The van der Waals surface area contributed by atoms with Crippen molar-refractivity contribution in [3.05, 3.63) is 78.0 Å². The highest BCUT2D eigenvalue weighted by Crippen LogP contribution is 2.29. The first-order chi connectivity index (χ1) is 15.4. The molecule has 3 aromatic rings. The van der Waals surface area contributed by atoms with Crippen LogP contribution in [0.4, 0.5) is 24.5 Å². The van der Waals surface area contributed by atoms with Crippen LogP contribution in [0.15, 0.2) is 66.9 Å². The molecule has 1 saturated heterocycles. The first-order valence-corrected chi connectivity index (χ1v) is 10.1. The maximum absolute atomic E-state index is 12.6. The van der Waals surface area contributed by atoms with Crippen molar-refractivity contribution >= 4 is 17.3 Å². The number of aromatic nitrogens is 1. The Hall–Kier alpha value is -3.59. The molecule has 6 nitrogen and oxygen atoms in total. The summed E-state index contributed by atoms with van der Waals surface area (Å²) in [5.74, 6) is 0.461. The van der Waals surface area contributed by atoms with Crippen LogP contribution in [-0.4, -0.2) is 37.1 Å². The molecule has 4 rings (SSSR count). The van der Waals surface area contributed by atoms with Crippen molar-refractivity contribution in [2.75, 3.05) is 36.4 Å². The average Bonchev–Trinajstić information content (AvgIpc) is 2.81. The molecule has 1 amide bonds. The third kappa shape index (κ3) is 5.36. The average molecular weight is 442 g/mol. The quantitative estimate of drug-likeness (QED) is 0.607. The molecule has 1 aromatic heterocycles. The van der Waals surface area contributed by atoms with Gasteiger partial charge in [-0.15, -0.1) is 0 Å². The van der Waals surface area contributed by atoms with Crippen molar-refractivity contribution in [2.24, 2.45) is 0 Å². The van der Waals surface area contributed by atoms with Gasteiger partial charge in [0.1, 0.15) is 5.75 Å². The molecule has 0 atom stereocenters. The fourth-order valence-corrected chi connectivity index (χ4v) is 3.30. The summed E-state index contributed by atoms with van der Waals surface area (Å²) in [5.41, 5.74) is 0.838. The second-order valence-electron chi connectivity index (χ2n) is 7.25. The normalized spacial score (nSPS) is 14.2. The first-order valence-electron chi connectivity index (χ1n) is 10.1. The van der Waals surface area contributed by atoms with Crippen LogP contribution >= 0.6 is 0 Å². The monoisotopic (exact) mass is 442 g/mol. The molecule has 0 unspecified atom stereocenters. The lowest BCUT2D eigenvalue weighted by molar-refractivity contribution is -0.137. The number of benzene rings is 2. The van der Waals surface area contributed by atoms with E-state index in [4.69, 9.17) is 4.74 Å². The molecule has 1 aliphatic heterocycles. The number of pyridine rings is 1. The first kappa shape index (κ1) is 21.6. The summed E-state index contributed by atoms with van der Waals surface area (Å²) in [4.78, 5) is 18.7. The van der Waals surface area contributed by atoms with Crippen molar-refractivity contribution < 1.29 is 22.7 Å². The summed E-state index contributed by atoms with van der Waals surface area (Å²) >= 11 is 0. The second-order valence-corrected chi connectivity index (χ2v) is 7.25. The molecule has 32 heavy (non-hydrogen) atoms. The van der Waals surface area contributed by atoms with E-state index in [0.717, 1.165) is 56.1 Å². The molecule has 0 radical (unpaired) electrons. The van der Waals surface area contributed by atoms with Gasteiger partial charge >= 0.3 is 6.18 Å². The van der Waals surface area contributed by atoms with Crippen molar-refractivity contribution in [1.29, 1.82) is 0 Å². The van der Waals surface area contributed by atoms with E-state index < -0.39 is 17.6 Å². The number of alkyl halides is 3. The number of nitrogens with zero attached hydrogens (tertiary/aromatic N) is 2. The Labute approximate surface area is 183 Å². The fraction of sp³-hybridized carbons (Fsp3) is 0.217. The third-order valence-corrected chi connectivity index (χ3v) is 5.01. The predicted molar refractivity (Wildman–Crippen MR) is 115 cm³/mol. The van der Waals surface area contributed by atoms with Gasteiger partial charge in [0.05, 0.1) is 17.4 Å². The zero-order chi connectivity index (χ0) is 22.6. The number of hydrogen-bond donors (Lipinski definition) is 2. The van der Waals surface area contributed by atoms with Crippen LogP contribution < -0.4 is 20.3 Å². The smallest absolute Gasteiger partial charge is 0.416 e. The molecule has 0 bridgehead atoms. The van der Waals surface area contributed by atoms with Gasteiger partial charge in [0.15, 0.2) is 0 Å². The Morgan fingerprint density at radius 2 is 1.66 bits per heavy atom. The number of halogens is 3. The number of amides is 1. The van der Waals surface area contributed by atoms with Crippen molar-refractivity contribution in [2.45, 2.75) is 6.18 Å². The van der Waals surface area contributed by atoms with E-state index in [-0.39, 0.29) is 5.56 Å². The standard InChI is InChI=1S/C23H21F3N4O2/c24-23(25,26)17-3-1-16(2-4-17)22(31)29-18-5-10-21(28-15-18)32-20-8-6-19(7-9-20)30-13-11-27-12-14-30/h1-10,15,27H,11-14H2,(H,29,31). The van der Waals surface area contributed by atoms with Gasteiger partial charge in [0, 0.05) is 43.5 Å². The van der Waals surface area contributed by atoms with E-state index in [9.17, 15) is 18.0 Å². The number of anilines is 2. The number of hydrogen-bond acceptors (Lipinski definition) is 5. The van der Waals surface area contributed by atoms with E-state index in [1.54, 1.807) is 12.1 Å². The third-order valence-electron chi connectivity index (χ3n) is 5.01. The van der Waals surface area contributed by atoms with Crippen molar-refractivity contribution in [1.82, 2.24) is 10.3 Å². The Kier molecular flexibility index (Phi) is 6.27. The van der Waals surface area contributed by atoms with Crippen LogP contribution in [0, 0.1) is 0 Å². The fourth-order valence-electron chi connectivity index (χ4n) is 3.30. The van der Waals surface area contributed by atoms with Gasteiger partial charge in [-0.2, -0.15) is 13.2 Å². The van der Waals surface area contributed by atoms with E-state index in [0.29, 0.717) is 17.3 Å².